The number of carbonyl (C=O) groups is 1. The van der Waals surface area contributed by atoms with Crippen molar-refractivity contribution < 1.29 is 4.79 Å². The smallest absolute Gasteiger partial charge is 0.223 e. The highest BCUT2D eigenvalue weighted by Crippen LogP contribution is 2.25. The van der Waals surface area contributed by atoms with Crippen LogP contribution in [-0.2, 0) is 11.2 Å². The van der Waals surface area contributed by atoms with Crippen molar-refractivity contribution in [3.05, 3.63) is 16.1 Å². The maximum Gasteiger partial charge on any atom is 0.223 e. The lowest BCUT2D eigenvalue weighted by Gasteiger charge is -2.26. The van der Waals surface area contributed by atoms with Gasteiger partial charge in [0, 0.05) is 23.0 Å². The summed E-state index contributed by atoms with van der Waals surface area (Å²) in [4.78, 5) is 17.9. The van der Waals surface area contributed by atoms with E-state index in [1.54, 1.807) is 11.3 Å². The van der Waals surface area contributed by atoms with Crippen LogP contribution in [0.4, 0.5) is 0 Å². The Bertz CT molecular complexity index is 432. The Labute approximate surface area is 118 Å². The van der Waals surface area contributed by atoms with Gasteiger partial charge in [0.25, 0.3) is 0 Å². The molecule has 1 fully saturated rings. The van der Waals surface area contributed by atoms with Gasteiger partial charge in [-0.3, -0.25) is 4.79 Å². The van der Waals surface area contributed by atoms with Gasteiger partial charge in [-0.1, -0.05) is 13.3 Å². The largest absolute Gasteiger partial charge is 0.347 e. The zero-order chi connectivity index (χ0) is 13.8. The molecule has 2 rings (SSSR count). The van der Waals surface area contributed by atoms with E-state index < -0.39 is 0 Å². The predicted molar refractivity (Wildman–Crippen MR) is 78.0 cm³/mol. The number of nitrogens with zero attached hydrogens (tertiary/aromatic N) is 1. The fourth-order valence-electron chi connectivity index (χ4n) is 2.54. The van der Waals surface area contributed by atoms with Gasteiger partial charge in [-0.05, 0) is 32.6 Å². The molecule has 5 heteroatoms. The Morgan fingerprint density at radius 2 is 2.42 bits per heavy atom. The van der Waals surface area contributed by atoms with E-state index in [9.17, 15) is 4.79 Å². The Kier molecular flexibility index (Phi) is 4.93. The van der Waals surface area contributed by atoms with Gasteiger partial charge in [-0.25, -0.2) is 4.98 Å². The summed E-state index contributed by atoms with van der Waals surface area (Å²) in [7, 11) is 0. The number of aryl methyl sites for hydroxylation is 1. The summed E-state index contributed by atoms with van der Waals surface area (Å²) in [5, 5.41) is 4.07. The van der Waals surface area contributed by atoms with Crippen LogP contribution in [0, 0.1) is 5.92 Å². The first-order chi connectivity index (χ1) is 9.10. The van der Waals surface area contributed by atoms with Crippen LogP contribution in [0.1, 0.15) is 55.5 Å². The lowest BCUT2D eigenvalue weighted by Crippen LogP contribution is -2.38. The number of nitrogens with two attached hydrogens (primary N) is 1. The molecular weight excluding hydrogens is 258 g/mol. The van der Waals surface area contributed by atoms with Crippen LogP contribution in [0.2, 0.25) is 0 Å². The molecule has 1 amide bonds. The van der Waals surface area contributed by atoms with Crippen molar-refractivity contribution in [1.29, 1.82) is 0 Å². The van der Waals surface area contributed by atoms with Gasteiger partial charge < -0.3 is 11.1 Å². The van der Waals surface area contributed by atoms with Gasteiger partial charge in [-0.2, -0.15) is 0 Å². The third-order valence-electron chi connectivity index (χ3n) is 3.73. The lowest BCUT2D eigenvalue weighted by molar-refractivity contribution is -0.126. The van der Waals surface area contributed by atoms with Crippen LogP contribution in [0.25, 0.3) is 0 Å². The Morgan fingerprint density at radius 1 is 1.63 bits per heavy atom. The fourth-order valence-corrected chi connectivity index (χ4v) is 3.40. The quantitative estimate of drug-likeness (QED) is 0.890. The number of carbonyl (C=O) groups excluding carboxylic acids is 1. The summed E-state index contributed by atoms with van der Waals surface area (Å²) >= 11 is 1.68. The van der Waals surface area contributed by atoms with Crippen molar-refractivity contribution in [2.45, 2.75) is 58.0 Å². The molecule has 3 N–H and O–H groups in total. The number of thiazole rings is 1. The first-order valence-corrected chi connectivity index (χ1v) is 7.92. The number of aromatic nitrogens is 1. The summed E-state index contributed by atoms with van der Waals surface area (Å²) in [5.41, 5.74) is 5.94. The number of hydrogen-bond acceptors (Lipinski definition) is 4. The van der Waals surface area contributed by atoms with E-state index in [1.165, 1.54) is 4.88 Å². The molecule has 1 heterocycles. The molecule has 1 aromatic heterocycles. The third kappa shape index (κ3) is 3.76. The lowest BCUT2D eigenvalue weighted by atomic mass is 9.85. The van der Waals surface area contributed by atoms with E-state index in [2.05, 4.69) is 17.2 Å². The van der Waals surface area contributed by atoms with E-state index in [0.29, 0.717) is 0 Å². The maximum atomic E-state index is 12.2. The van der Waals surface area contributed by atoms with Crippen LogP contribution in [-0.4, -0.2) is 16.9 Å². The van der Waals surface area contributed by atoms with Gasteiger partial charge in [0.1, 0.15) is 5.01 Å². The minimum absolute atomic E-state index is 0.00375. The van der Waals surface area contributed by atoms with E-state index in [1.807, 2.05) is 13.1 Å². The van der Waals surface area contributed by atoms with Gasteiger partial charge in [0.05, 0.1) is 6.04 Å². The standard InChI is InChI=1S/C14H23N3OS/c1-3-12-8-16-14(19-12)9(2)17-13(18)10-5-4-6-11(15)7-10/h8-11H,3-7,15H2,1-2H3,(H,17,18). The van der Waals surface area contributed by atoms with Crippen molar-refractivity contribution >= 4 is 17.2 Å². The van der Waals surface area contributed by atoms with Crippen molar-refractivity contribution in [2.75, 3.05) is 0 Å². The molecule has 0 bridgehead atoms. The molecule has 1 aliphatic carbocycles. The van der Waals surface area contributed by atoms with Crippen molar-refractivity contribution in [3.8, 4) is 0 Å². The van der Waals surface area contributed by atoms with E-state index in [4.69, 9.17) is 5.73 Å². The van der Waals surface area contributed by atoms with Crippen molar-refractivity contribution in [1.82, 2.24) is 10.3 Å². The molecule has 0 radical (unpaired) electrons. The second-order valence-corrected chi connectivity index (χ2v) is 6.52. The van der Waals surface area contributed by atoms with Gasteiger partial charge in [-0.15, -0.1) is 11.3 Å². The van der Waals surface area contributed by atoms with Gasteiger partial charge in [0.2, 0.25) is 5.91 Å². The van der Waals surface area contributed by atoms with Crippen LogP contribution >= 0.6 is 11.3 Å². The molecule has 3 atom stereocenters. The molecule has 1 saturated carbocycles. The van der Waals surface area contributed by atoms with E-state index >= 15 is 0 Å². The Morgan fingerprint density at radius 3 is 3.05 bits per heavy atom. The summed E-state index contributed by atoms with van der Waals surface area (Å²) in [6.45, 7) is 4.11. The van der Waals surface area contributed by atoms with E-state index in [0.717, 1.165) is 37.1 Å². The number of amides is 1. The first kappa shape index (κ1) is 14.5. The molecule has 3 unspecified atom stereocenters. The monoisotopic (exact) mass is 281 g/mol. The highest BCUT2D eigenvalue weighted by atomic mass is 32.1. The Balaban J connectivity index is 1.90. The van der Waals surface area contributed by atoms with Crippen LogP contribution in [0.5, 0.6) is 0 Å². The molecule has 0 saturated heterocycles. The minimum atomic E-state index is -0.00375. The minimum Gasteiger partial charge on any atom is -0.347 e. The summed E-state index contributed by atoms with van der Waals surface area (Å²) in [5.74, 6) is 0.215. The molecule has 4 nitrogen and oxygen atoms in total. The average Bonchev–Trinajstić information content (AvgIpc) is 2.87. The normalized spacial score (nSPS) is 25.0. The van der Waals surface area contributed by atoms with Crippen molar-refractivity contribution in [2.24, 2.45) is 11.7 Å². The van der Waals surface area contributed by atoms with Gasteiger partial charge >= 0.3 is 0 Å². The van der Waals surface area contributed by atoms with Crippen LogP contribution in [0.15, 0.2) is 6.20 Å². The topological polar surface area (TPSA) is 68.0 Å². The number of nitrogens with one attached hydrogen (secondary N) is 1. The second-order valence-electron chi connectivity index (χ2n) is 5.37. The third-order valence-corrected chi connectivity index (χ3v) is 5.06. The van der Waals surface area contributed by atoms with Crippen molar-refractivity contribution in [3.63, 3.8) is 0 Å². The van der Waals surface area contributed by atoms with E-state index in [-0.39, 0.29) is 23.9 Å². The molecule has 0 aromatic carbocycles. The Hall–Kier alpha value is -0.940. The molecule has 0 spiro atoms. The molecule has 1 aliphatic rings. The zero-order valence-electron chi connectivity index (χ0n) is 11.7. The second kappa shape index (κ2) is 6.48. The molecule has 1 aromatic rings. The summed E-state index contributed by atoms with van der Waals surface area (Å²) < 4.78 is 0. The highest BCUT2D eigenvalue weighted by molar-refractivity contribution is 7.11. The molecule has 19 heavy (non-hydrogen) atoms. The van der Waals surface area contributed by atoms with Crippen LogP contribution in [0.3, 0.4) is 0 Å². The number of rotatable bonds is 4. The van der Waals surface area contributed by atoms with Crippen LogP contribution < -0.4 is 11.1 Å². The highest BCUT2D eigenvalue weighted by Gasteiger charge is 2.26. The van der Waals surface area contributed by atoms with Gasteiger partial charge in [0.15, 0.2) is 0 Å². The summed E-state index contributed by atoms with van der Waals surface area (Å²) in [6.07, 6.45) is 6.78. The SMILES string of the molecule is CCc1cnc(C(C)NC(=O)C2CCCC(N)C2)s1. The predicted octanol–water partition coefficient (Wildman–Crippen LogP) is 2.40. The molecule has 0 aliphatic heterocycles. The average molecular weight is 281 g/mol. The fraction of sp³-hybridized carbons (Fsp3) is 0.714. The molecule has 106 valence electrons. The maximum absolute atomic E-state index is 12.2. The zero-order valence-corrected chi connectivity index (χ0v) is 12.5. The number of hydrogen-bond donors (Lipinski definition) is 2. The summed E-state index contributed by atoms with van der Waals surface area (Å²) in [6, 6.07) is 0.183. The molecular formula is C14H23N3OS. The first-order valence-electron chi connectivity index (χ1n) is 7.10.